The first kappa shape index (κ1) is 20.0. The fourth-order valence-corrected chi connectivity index (χ4v) is 3.13. The number of rotatable bonds is 8. The van der Waals surface area contributed by atoms with E-state index >= 15 is 0 Å². The van der Waals surface area contributed by atoms with Crippen LogP contribution in [0.5, 0.6) is 0 Å². The number of benzene rings is 2. The van der Waals surface area contributed by atoms with Gasteiger partial charge in [-0.25, -0.2) is 14.6 Å². The molecule has 0 spiro atoms. The van der Waals surface area contributed by atoms with E-state index < -0.39 is 0 Å². The molecule has 7 nitrogen and oxygen atoms in total. The van der Waals surface area contributed by atoms with Crippen molar-refractivity contribution in [1.29, 1.82) is 0 Å². The van der Waals surface area contributed by atoms with E-state index in [2.05, 4.69) is 37.7 Å². The lowest BCUT2D eigenvalue weighted by molar-refractivity contribution is 0.0790. The van der Waals surface area contributed by atoms with Crippen LogP contribution in [0.2, 0.25) is 5.02 Å². The summed E-state index contributed by atoms with van der Waals surface area (Å²) in [4.78, 5) is 8.98. The van der Waals surface area contributed by atoms with Gasteiger partial charge in [0.05, 0.1) is 5.69 Å². The van der Waals surface area contributed by atoms with Gasteiger partial charge in [-0.05, 0) is 30.7 Å². The van der Waals surface area contributed by atoms with Crippen LogP contribution in [0.3, 0.4) is 0 Å². The molecule has 0 aliphatic carbocycles. The summed E-state index contributed by atoms with van der Waals surface area (Å²) in [5.74, 6) is 0.526. The maximum atomic E-state index is 6.07. The highest BCUT2D eigenvalue weighted by molar-refractivity contribution is 6.30. The molecule has 0 saturated carbocycles. The van der Waals surface area contributed by atoms with Crippen LogP contribution >= 0.6 is 11.6 Å². The van der Waals surface area contributed by atoms with Gasteiger partial charge in [-0.3, -0.25) is 0 Å². The third-order valence-electron chi connectivity index (χ3n) is 4.46. The summed E-state index contributed by atoms with van der Waals surface area (Å²) in [5, 5.41) is 12.6. The minimum Gasteiger partial charge on any atom is -0.359 e. The van der Waals surface area contributed by atoms with Gasteiger partial charge in [0, 0.05) is 29.9 Å². The Morgan fingerprint density at radius 1 is 1.03 bits per heavy atom. The average Bonchev–Trinajstić information content (AvgIpc) is 3.21. The third-order valence-corrected chi connectivity index (χ3v) is 4.71. The highest BCUT2D eigenvalue weighted by atomic mass is 35.5. The molecule has 0 bridgehead atoms. The standard InChI is InChI=1S/C22H21ClN6O/c1-2-30-15-29-21(17-8-10-18(23)11-9-17)20(27-28-29)19-12-13-24-22(26-19)25-14-16-6-4-3-5-7-16/h3-13H,2,14-15H2,1H3,(H,24,25,26). The monoisotopic (exact) mass is 420 g/mol. The van der Waals surface area contributed by atoms with E-state index in [1.807, 2.05) is 55.5 Å². The van der Waals surface area contributed by atoms with Crippen LogP contribution in [0.15, 0.2) is 66.9 Å². The second-order valence-electron chi connectivity index (χ2n) is 6.52. The van der Waals surface area contributed by atoms with Crippen molar-refractivity contribution in [2.45, 2.75) is 20.2 Å². The summed E-state index contributed by atoms with van der Waals surface area (Å²) in [7, 11) is 0. The number of nitrogens with one attached hydrogen (secondary N) is 1. The molecule has 2 aromatic heterocycles. The van der Waals surface area contributed by atoms with Gasteiger partial charge in [-0.15, -0.1) is 5.10 Å². The van der Waals surface area contributed by atoms with E-state index in [1.54, 1.807) is 10.9 Å². The second kappa shape index (κ2) is 9.47. The van der Waals surface area contributed by atoms with Gasteiger partial charge in [0.2, 0.25) is 5.95 Å². The highest BCUT2D eigenvalue weighted by Crippen LogP contribution is 2.30. The zero-order valence-corrected chi connectivity index (χ0v) is 17.3. The predicted octanol–water partition coefficient (Wildman–Crippen LogP) is 4.66. The minimum atomic E-state index is 0.297. The molecule has 8 heteroatoms. The normalized spacial score (nSPS) is 10.9. The Balaban J connectivity index is 1.66. The lowest BCUT2D eigenvalue weighted by atomic mass is 10.1. The van der Waals surface area contributed by atoms with E-state index in [0.29, 0.717) is 42.2 Å². The lowest BCUT2D eigenvalue weighted by Crippen LogP contribution is -2.06. The number of ether oxygens (including phenoxy) is 1. The van der Waals surface area contributed by atoms with Crippen LogP contribution in [0.1, 0.15) is 12.5 Å². The Kier molecular flexibility index (Phi) is 6.32. The van der Waals surface area contributed by atoms with Crippen LogP contribution in [-0.2, 0) is 18.0 Å². The first-order valence-electron chi connectivity index (χ1n) is 9.63. The molecule has 0 saturated heterocycles. The van der Waals surface area contributed by atoms with E-state index in [1.165, 1.54) is 0 Å². The largest absolute Gasteiger partial charge is 0.359 e. The third kappa shape index (κ3) is 4.64. The van der Waals surface area contributed by atoms with Gasteiger partial charge in [-0.1, -0.05) is 59.3 Å². The van der Waals surface area contributed by atoms with Crippen molar-refractivity contribution in [3.63, 3.8) is 0 Å². The number of aromatic nitrogens is 5. The van der Waals surface area contributed by atoms with Crippen LogP contribution < -0.4 is 5.32 Å². The van der Waals surface area contributed by atoms with Crippen LogP contribution in [0.25, 0.3) is 22.6 Å². The van der Waals surface area contributed by atoms with Crippen molar-refractivity contribution in [3.8, 4) is 22.6 Å². The maximum Gasteiger partial charge on any atom is 0.223 e. The average molecular weight is 421 g/mol. The van der Waals surface area contributed by atoms with E-state index in [-0.39, 0.29) is 0 Å². The van der Waals surface area contributed by atoms with Gasteiger partial charge in [-0.2, -0.15) is 0 Å². The fourth-order valence-electron chi connectivity index (χ4n) is 3.00. The molecule has 152 valence electrons. The molecular weight excluding hydrogens is 400 g/mol. The molecule has 0 aliphatic heterocycles. The van der Waals surface area contributed by atoms with Crippen molar-refractivity contribution < 1.29 is 4.74 Å². The van der Waals surface area contributed by atoms with Crippen molar-refractivity contribution in [2.24, 2.45) is 0 Å². The summed E-state index contributed by atoms with van der Waals surface area (Å²) in [6.45, 7) is 3.45. The summed E-state index contributed by atoms with van der Waals surface area (Å²) < 4.78 is 7.28. The molecule has 0 amide bonds. The molecule has 0 atom stereocenters. The molecule has 30 heavy (non-hydrogen) atoms. The zero-order chi connectivity index (χ0) is 20.8. The highest BCUT2D eigenvalue weighted by Gasteiger charge is 2.18. The van der Waals surface area contributed by atoms with Crippen LogP contribution in [0, 0.1) is 0 Å². The summed E-state index contributed by atoms with van der Waals surface area (Å²) in [6, 6.07) is 19.5. The van der Waals surface area contributed by atoms with E-state index in [4.69, 9.17) is 16.3 Å². The quantitative estimate of drug-likeness (QED) is 0.446. The Labute approximate surface area is 179 Å². The number of hydrogen-bond acceptors (Lipinski definition) is 6. The molecule has 0 fully saturated rings. The van der Waals surface area contributed by atoms with Crippen molar-refractivity contribution in [3.05, 3.63) is 77.4 Å². The van der Waals surface area contributed by atoms with E-state index in [0.717, 1.165) is 16.8 Å². The smallest absolute Gasteiger partial charge is 0.223 e. The number of hydrogen-bond donors (Lipinski definition) is 1. The molecule has 0 aliphatic rings. The molecular formula is C22H21ClN6O. The number of halogens is 1. The van der Waals surface area contributed by atoms with Gasteiger partial charge in [0.25, 0.3) is 0 Å². The molecule has 0 radical (unpaired) electrons. The molecule has 0 unspecified atom stereocenters. The molecule has 2 aromatic carbocycles. The van der Waals surface area contributed by atoms with Gasteiger partial charge in [0.1, 0.15) is 18.1 Å². The molecule has 4 rings (SSSR count). The number of anilines is 1. The zero-order valence-electron chi connectivity index (χ0n) is 16.5. The van der Waals surface area contributed by atoms with Crippen molar-refractivity contribution in [1.82, 2.24) is 25.0 Å². The molecule has 2 heterocycles. The van der Waals surface area contributed by atoms with E-state index in [9.17, 15) is 0 Å². The number of nitrogens with zero attached hydrogens (tertiary/aromatic N) is 5. The summed E-state index contributed by atoms with van der Waals surface area (Å²) in [6.07, 6.45) is 1.71. The predicted molar refractivity (Wildman–Crippen MR) is 117 cm³/mol. The minimum absolute atomic E-state index is 0.297. The Bertz CT molecular complexity index is 1100. The topological polar surface area (TPSA) is 77.8 Å². The fraction of sp³-hybridized carbons (Fsp3) is 0.182. The summed E-state index contributed by atoms with van der Waals surface area (Å²) in [5.41, 5.74) is 4.22. The maximum absolute atomic E-state index is 6.07. The van der Waals surface area contributed by atoms with Gasteiger partial charge in [0.15, 0.2) is 0 Å². The molecule has 4 aromatic rings. The first-order chi connectivity index (χ1) is 14.7. The van der Waals surface area contributed by atoms with Crippen molar-refractivity contribution in [2.75, 3.05) is 11.9 Å². The second-order valence-corrected chi connectivity index (χ2v) is 6.96. The van der Waals surface area contributed by atoms with Gasteiger partial charge >= 0.3 is 0 Å². The van der Waals surface area contributed by atoms with Crippen LogP contribution in [0.4, 0.5) is 5.95 Å². The van der Waals surface area contributed by atoms with Crippen molar-refractivity contribution >= 4 is 17.5 Å². The lowest BCUT2D eigenvalue weighted by Gasteiger charge is -2.09. The van der Waals surface area contributed by atoms with Crippen LogP contribution in [-0.4, -0.2) is 31.6 Å². The first-order valence-corrected chi connectivity index (χ1v) is 10.0. The Morgan fingerprint density at radius 2 is 1.83 bits per heavy atom. The Hall–Kier alpha value is -3.29. The SMILES string of the molecule is CCOCn1nnc(-c2ccnc(NCc3ccccc3)n2)c1-c1ccc(Cl)cc1. The summed E-state index contributed by atoms with van der Waals surface area (Å²) >= 11 is 6.07. The Morgan fingerprint density at radius 3 is 2.60 bits per heavy atom. The molecule has 1 N–H and O–H groups in total. The van der Waals surface area contributed by atoms with Gasteiger partial charge < -0.3 is 10.1 Å².